The van der Waals surface area contributed by atoms with Crippen molar-refractivity contribution in [2.45, 2.75) is 18.2 Å². The van der Waals surface area contributed by atoms with Gasteiger partial charge >= 0.3 is 24.2 Å². The molecular formula is C10H5F7O2. The fourth-order valence-electron chi connectivity index (χ4n) is 0.979. The van der Waals surface area contributed by atoms with Crippen molar-refractivity contribution in [2.24, 2.45) is 0 Å². The van der Waals surface area contributed by atoms with Crippen molar-refractivity contribution in [3.63, 3.8) is 0 Å². The first-order valence-corrected chi connectivity index (χ1v) is 4.60. The van der Waals surface area contributed by atoms with Gasteiger partial charge in [0.25, 0.3) is 0 Å². The predicted octanol–water partition coefficient (Wildman–Crippen LogP) is 3.63. The van der Waals surface area contributed by atoms with Crippen LogP contribution in [-0.4, -0.2) is 24.2 Å². The lowest BCUT2D eigenvalue weighted by Crippen LogP contribution is -2.54. The summed E-state index contributed by atoms with van der Waals surface area (Å²) in [6.07, 6.45) is -12.5. The van der Waals surface area contributed by atoms with E-state index in [1.807, 2.05) is 0 Å². The van der Waals surface area contributed by atoms with E-state index in [-0.39, 0.29) is 0 Å². The third-order valence-corrected chi connectivity index (χ3v) is 1.95. The summed E-state index contributed by atoms with van der Waals surface area (Å²) in [6, 6.07) is 5.60. The molecule has 0 amide bonds. The van der Waals surface area contributed by atoms with Gasteiger partial charge in [-0.25, -0.2) is 4.79 Å². The number of carbonyl (C=O) groups excluding carboxylic acids is 1. The first-order chi connectivity index (χ1) is 8.49. The molecule has 1 aromatic rings. The standard InChI is InChI=1S/C10H5F7O2/c11-8(12,9(13,14)15)10(16,17)19-7(18)6-4-2-1-3-5-6/h1-5H. The van der Waals surface area contributed by atoms with E-state index in [2.05, 4.69) is 4.74 Å². The van der Waals surface area contributed by atoms with E-state index in [1.165, 1.54) is 18.2 Å². The van der Waals surface area contributed by atoms with Gasteiger partial charge in [-0.3, -0.25) is 0 Å². The van der Waals surface area contributed by atoms with Crippen molar-refractivity contribution in [1.29, 1.82) is 0 Å². The second-order valence-corrected chi connectivity index (χ2v) is 3.34. The third-order valence-electron chi connectivity index (χ3n) is 1.95. The fraction of sp³-hybridized carbons (Fsp3) is 0.300. The summed E-state index contributed by atoms with van der Waals surface area (Å²) in [5.74, 6) is -8.47. The highest BCUT2D eigenvalue weighted by Crippen LogP contribution is 2.47. The summed E-state index contributed by atoms with van der Waals surface area (Å²) in [6.45, 7) is 0. The quantitative estimate of drug-likeness (QED) is 0.627. The van der Waals surface area contributed by atoms with Crippen molar-refractivity contribution in [1.82, 2.24) is 0 Å². The molecule has 0 N–H and O–H groups in total. The Kier molecular flexibility index (Phi) is 3.78. The number of hydrogen-bond donors (Lipinski definition) is 0. The summed E-state index contributed by atoms with van der Waals surface area (Å²) >= 11 is 0. The Morgan fingerprint density at radius 1 is 0.895 bits per heavy atom. The molecule has 106 valence electrons. The number of halogens is 7. The van der Waals surface area contributed by atoms with Gasteiger partial charge in [0.05, 0.1) is 5.56 Å². The maximum Gasteiger partial charge on any atom is 0.476 e. The highest BCUT2D eigenvalue weighted by Gasteiger charge is 2.76. The van der Waals surface area contributed by atoms with Gasteiger partial charge in [-0.1, -0.05) is 18.2 Å². The summed E-state index contributed by atoms with van der Waals surface area (Å²) in [5, 5.41) is 0. The first-order valence-electron chi connectivity index (χ1n) is 4.60. The Balaban J connectivity index is 2.95. The topological polar surface area (TPSA) is 26.3 Å². The first kappa shape index (κ1) is 15.3. The Hall–Kier alpha value is -1.80. The molecule has 9 heteroatoms. The highest BCUT2D eigenvalue weighted by atomic mass is 19.4. The van der Waals surface area contributed by atoms with Crippen LogP contribution in [0.25, 0.3) is 0 Å². The molecule has 0 unspecified atom stereocenters. The van der Waals surface area contributed by atoms with Gasteiger partial charge in [0.2, 0.25) is 0 Å². The average molecular weight is 290 g/mol. The molecule has 0 bridgehead atoms. The molecule has 1 aromatic carbocycles. The number of carbonyl (C=O) groups is 1. The monoisotopic (exact) mass is 290 g/mol. The maximum absolute atomic E-state index is 12.7. The van der Waals surface area contributed by atoms with Crippen LogP contribution >= 0.6 is 0 Å². The molecule has 0 aliphatic carbocycles. The van der Waals surface area contributed by atoms with Crippen molar-refractivity contribution >= 4 is 5.97 Å². The number of rotatable bonds is 3. The molecule has 1 rings (SSSR count). The molecule has 0 fully saturated rings. The molecule has 0 aromatic heterocycles. The zero-order valence-corrected chi connectivity index (χ0v) is 8.85. The van der Waals surface area contributed by atoms with E-state index >= 15 is 0 Å². The molecule has 0 aliphatic heterocycles. The second kappa shape index (κ2) is 4.71. The number of ether oxygens (including phenoxy) is 1. The van der Waals surface area contributed by atoms with Gasteiger partial charge in [-0.05, 0) is 12.1 Å². The Morgan fingerprint density at radius 3 is 1.79 bits per heavy atom. The molecular weight excluding hydrogens is 285 g/mol. The zero-order chi connectivity index (χ0) is 14.9. The van der Waals surface area contributed by atoms with E-state index in [1.54, 1.807) is 0 Å². The molecule has 0 atom stereocenters. The minimum Gasteiger partial charge on any atom is -0.392 e. The SMILES string of the molecule is O=C(OC(F)(F)C(F)(F)C(F)(F)F)c1ccccc1. The van der Waals surface area contributed by atoms with Gasteiger partial charge < -0.3 is 4.74 Å². The van der Waals surface area contributed by atoms with Crippen LogP contribution in [0.15, 0.2) is 30.3 Å². The van der Waals surface area contributed by atoms with Gasteiger partial charge in [-0.2, -0.15) is 30.7 Å². The maximum atomic E-state index is 12.7. The van der Waals surface area contributed by atoms with Crippen molar-refractivity contribution in [2.75, 3.05) is 0 Å². The predicted molar refractivity (Wildman–Crippen MR) is 47.8 cm³/mol. The van der Waals surface area contributed by atoms with Gasteiger partial charge in [0.15, 0.2) is 0 Å². The summed E-state index contributed by atoms with van der Waals surface area (Å²) < 4.78 is 88.6. The third kappa shape index (κ3) is 2.96. The van der Waals surface area contributed by atoms with Crippen molar-refractivity contribution in [3.05, 3.63) is 35.9 Å². The highest BCUT2D eigenvalue weighted by molar-refractivity contribution is 5.89. The second-order valence-electron chi connectivity index (χ2n) is 3.34. The Bertz CT molecular complexity index is 453. The fourth-order valence-corrected chi connectivity index (χ4v) is 0.979. The van der Waals surface area contributed by atoms with Gasteiger partial charge in [0.1, 0.15) is 0 Å². The minimum absolute atomic E-state index is 0.583. The molecule has 0 saturated carbocycles. The van der Waals surface area contributed by atoms with Crippen LogP contribution in [0.5, 0.6) is 0 Å². The Labute approximate surface area is 101 Å². The summed E-state index contributed by atoms with van der Waals surface area (Å²) in [7, 11) is 0. The number of alkyl halides is 7. The van der Waals surface area contributed by atoms with E-state index in [0.29, 0.717) is 0 Å². The number of esters is 1. The van der Waals surface area contributed by atoms with E-state index in [9.17, 15) is 35.5 Å². The molecule has 0 spiro atoms. The van der Waals surface area contributed by atoms with Crippen LogP contribution in [0.3, 0.4) is 0 Å². The molecule has 0 saturated heterocycles. The van der Waals surface area contributed by atoms with Crippen molar-refractivity contribution in [3.8, 4) is 0 Å². The van der Waals surface area contributed by atoms with E-state index < -0.39 is 29.7 Å². The van der Waals surface area contributed by atoms with E-state index in [0.717, 1.165) is 12.1 Å². The molecule has 19 heavy (non-hydrogen) atoms. The lowest BCUT2D eigenvalue weighted by Gasteiger charge is -2.26. The minimum atomic E-state index is -6.55. The van der Waals surface area contributed by atoms with Crippen LogP contribution in [-0.2, 0) is 4.74 Å². The van der Waals surface area contributed by atoms with Crippen LogP contribution in [0, 0.1) is 0 Å². The normalized spacial score (nSPS) is 13.2. The van der Waals surface area contributed by atoms with Crippen LogP contribution in [0.1, 0.15) is 10.4 Å². The van der Waals surface area contributed by atoms with Crippen LogP contribution in [0.2, 0.25) is 0 Å². The summed E-state index contributed by atoms with van der Waals surface area (Å²) in [5.41, 5.74) is -0.583. The summed E-state index contributed by atoms with van der Waals surface area (Å²) in [4.78, 5) is 11.0. The average Bonchev–Trinajstić information content (AvgIpc) is 2.28. The lowest BCUT2D eigenvalue weighted by molar-refractivity contribution is -0.409. The molecule has 0 heterocycles. The largest absolute Gasteiger partial charge is 0.476 e. The van der Waals surface area contributed by atoms with Gasteiger partial charge in [0, 0.05) is 0 Å². The lowest BCUT2D eigenvalue weighted by atomic mass is 10.2. The molecule has 2 nitrogen and oxygen atoms in total. The van der Waals surface area contributed by atoms with Crippen LogP contribution in [0.4, 0.5) is 30.7 Å². The van der Waals surface area contributed by atoms with Gasteiger partial charge in [-0.15, -0.1) is 0 Å². The molecule has 0 aliphatic rings. The smallest absolute Gasteiger partial charge is 0.392 e. The van der Waals surface area contributed by atoms with E-state index in [4.69, 9.17) is 0 Å². The van der Waals surface area contributed by atoms with Crippen molar-refractivity contribution < 1.29 is 40.3 Å². The Morgan fingerprint density at radius 2 is 1.37 bits per heavy atom. The number of hydrogen-bond acceptors (Lipinski definition) is 2. The van der Waals surface area contributed by atoms with Crippen LogP contribution < -0.4 is 0 Å². The number of benzene rings is 1. The molecule has 0 radical (unpaired) electrons. The zero-order valence-electron chi connectivity index (χ0n) is 8.85.